The van der Waals surface area contributed by atoms with Crippen LogP contribution in [0.1, 0.15) is 25.7 Å². The van der Waals surface area contributed by atoms with Gasteiger partial charge in [-0.25, -0.2) is 0 Å². The van der Waals surface area contributed by atoms with Gasteiger partial charge in [0.1, 0.15) is 0 Å². The molecule has 1 radical (unpaired) electrons. The smallest absolute Gasteiger partial charge is 0.291 e. The van der Waals surface area contributed by atoms with Gasteiger partial charge in [0.15, 0.2) is 6.29 Å². The number of hydrogen-bond donors (Lipinski definition) is 0. The lowest BCUT2D eigenvalue weighted by atomic mass is 10.2. The zero-order valence-electron chi connectivity index (χ0n) is 8.02. The lowest BCUT2D eigenvalue weighted by Gasteiger charge is -2.10. The van der Waals surface area contributed by atoms with Gasteiger partial charge < -0.3 is 0 Å². The summed E-state index contributed by atoms with van der Waals surface area (Å²) in [4.78, 5) is 43.9. The molecule has 0 aromatic carbocycles. The number of rotatable bonds is 6. The molecule has 0 N–H and O–H groups in total. The molecule has 1 saturated heterocycles. The molecule has 0 bridgehead atoms. The Hall–Kier alpha value is -1.17. The molecule has 2 amide bonds. The molecule has 0 unspecified atom stereocenters. The summed E-state index contributed by atoms with van der Waals surface area (Å²) in [5, 5.41) is -1.20. The van der Waals surface area contributed by atoms with Crippen LogP contribution in [0.25, 0.3) is 0 Å². The maximum atomic E-state index is 11.1. The van der Waals surface area contributed by atoms with Crippen molar-refractivity contribution >= 4 is 34.3 Å². The first-order chi connectivity index (χ1) is 7.16. The van der Waals surface area contributed by atoms with E-state index in [1.165, 1.54) is 0 Å². The average Bonchev–Trinajstić information content (AvgIpc) is 2.44. The van der Waals surface area contributed by atoms with E-state index in [1.54, 1.807) is 6.29 Å². The van der Waals surface area contributed by atoms with Gasteiger partial charge in [0.2, 0.25) is 0 Å². The number of hydrogen-bond acceptors (Lipinski definition) is 5. The molecule has 1 rings (SSSR count). The first kappa shape index (κ1) is 11.9. The zero-order valence-corrected chi connectivity index (χ0v) is 8.84. The van der Waals surface area contributed by atoms with Crippen LogP contribution in [0, 0.1) is 0 Å². The van der Waals surface area contributed by atoms with Gasteiger partial charge in [0.05, 0.1) is 0 Å². The minimum absolute atomic E-state index is 0.259. The Balaban J connectivity index is 2.26. The largest absolute Gasteiger partial charge is 0.309 e. The summed E-state index contributed by atoms with van der Waals surface area (Å²) in [5.74, 6) is -0.730. The monoisotopic (exact) mass is 228 g/mol. The van der Waals surface area contributed by atoms with Crippen LogP contribution in [0.3, 0.4) is 0 Å². The van der Waals surface area contributed by atoms with Crippen molar-refractivity contribution in [3.05, 3.63) is 0 Å². The van der Waals surface area contributed by atoms with Crippen molar-refractivity contribution in [3.8, 4) is 0 Å². The number of thioether (sulfide) groups is 1. The fourth-order valence-corrected chi connectivity index (χ4v) is 1.85. The van der Waals surface area contributed by atoms with Crippen molar-refractivity contribution < 1.29 is 19.2 Å². The summed E-state index contributed by atoms with van der Waals surface area (Å²) in [5.41, 5.74) is 0. The molecule has 0 atom stereocenters. The molecule has 1 aliphatic heterocycles. The second-order valence-corrected chi connectivity index (χ2v) is 3.99. The van der Waals surface area contributed by atoms with Crippen molar-refractivity contribution in [1.82, 2.24) is 4.90 Å². The predicted molar refractivity (Wildman–Crippen MR) is 53.9 cm³/mol. The van der Waals surface area contributed by atoms with Gasteiger partial charge in [-0.05, 0) is 12.8 Å². The first-order valence-corrected chi connectivity index (χ1v) is 5.41. The molecule has 0 saturated carbocycles. The molecule has 15 heavy (non-hydrogen) atoms. The molecule has 1 fully saturated rings. The Kier molecular flexibility index (Phi) is 4.48. The fraction of sp³-hybridized carbons (Fsp3) is 0.556. The second kappa shape index (κ2) is 5.65. The van der Waals surface area contributed by atoms with Gasteiger partial charge in [-0.3, -0.25) is 24.1 Å². The maximum Gasteiger partial charge on any atom is 0.309 e. The van der Waals surface area contributed by atoms with Gasteiger partial charge in [-0.1, -0.05) is 6.42 Å². The summed E-state index contributed by atoms with van der Waals surface area (Å²) in [6, 6.07) is 0. The second-order valence-electron chi connectivity index (χ2n) is 3.07. The highest BCUT2D eigenvalue weighted by molar-refractivity contribution is 8.28. The number of imide groups is 1. The van der Waals surface area contributed by atoms with Crippen molar-refractivity contribution in [2.75, 3.05) is 6.54 Å². The Bertz CT molecular complexity index is 302. The lowest BCUT2D eigenvalue weighted by molar-refractivity contribution is -0.137. The van der Waals surface area contributed by atoms with Crippen LogP contribution in [0.5, 0.6) is 0 Å². The van der Waals surface area contributed by atoms with E-state index < -0.39 is 16.3 Å². The van der Waals surface area contributed by atoms with E-state index in [0.717, 1.165) is 11.3 Å². The molecule has 5 nitrogen and oxygen atoms in total. The van der Waals surface area contributed by atoms with Crippen molar-refractivity contribution in [2.45, 2.75) is 25.7 Å². The predicted octanol–water partition coefficient (Wildman–Crippen LogP) is 0.878. The Morgan fingerprint density at radius 3 is 2.40 bits per heavy atom. The third-order valence-electron chi connectivity index (χ3n) is 1.98. The number of unbranched alkanes of at least 4 members (excludes halogenated alkanes) is 3. The van der Waals surface area contributed by atoms with Gasteiger partial charge in [-0.15, -0.1) is 0 Å². The van der Waals surface area contributed by atoms with Crippen LogP contribution in [-0.4, -0.2) is 34.0 Å². The summed E-state index contributed by atoms with van der Waals surface area (Å²) in [6.45, 7) is 0.259. The van der Waals surface area contributed by atoms with Crippen LogP contribution in [0.15, 0.2) is 0 Å². The first-order valence-electron chi connectivity index (χ1n) is 4.59. The molecule has 0 aliphatic carbocycles. The maximum absolute atomic E-state index is 11.1. The molecule has 0 aromatic rings. The normalized spacial score (nSPS) is 16.3. The van der Waals surface area contributed by atoms with Gasteiger partial charge in [-0.2, -0.15) is 0 Å². The van der Waals surface area contributed by atoms with Gasteiger partial charge in [0.25, 0.3) is 10.4 Å². The van der Waals surface area contributed by atoms with Crippen LogP contribution in [-0.2, 0) is 14.4 Å². The van der Waals surface area contributed by atoms with Crippen LogP contribution < -0.4 is 0 Å². The number of nitrogens with zero attached hydrogens (tertiary/aromatic N) is 1. The van der Waals surface area contributed by atoms with Crippen molar-refractivity contribution in [3.63, 3.8) is 0 Å². The molecule has 1 heterocycles. The number of amides is 2. The molecular formula is C9H10NO4S. The highest BCUT2D eigenvalue weighted by Gasteiger charge is 2.37. The van der Waals surface area contributed by atoms with Crippen LogP contribution >= 0.6 is 11.8 Å². The van der Waals surface area contributed by atoms with Crippen molar-refractivity contribution in [2.24, 2.45) is 0 Å². The van der Waals surface area contributed by atoms with Crippen LogP contribution in [0.2, 0.25) is 0 Å². The third kappa shape index (κ3) is 3.16. The summed E-state index contributed by atoms with van der Waals surface area (Å²) in [7, 11) is 0. The molecule has 0 aromatic heterocycles. The third-order valence-corrected chi connectivity index (χ3v) is 2.74. The highest BCUT2D eigenvalue weighted by atomic mass is 32.2. The summed E-state index contributed by atoms with van der Waals surface area (Å²) >= 11 is 0.441. The average molecular weight is 228 g/mol. The summed E-state index contributed by atoms with van der Waals surface area (Å²) < 4.78 is 0. The Morgan fingerprint density at radius 2 is 1.87 bits per heavy atom. The van der Waals surface area contributed by atoms with Crippen LogP contribution in [0.4, 0.5) is 4.79 Å². The minimum atomic E-state index is -0.730. The topological polar surface area (TPSA) is 71.5 Å². The molecule has 81 valence electrons. The SMILES string of the molecule is O=[C]CCCCCN1C(=O)SC(=O)C1=O. The number of carbonyl (C=O) groups is 3. The van der Waals surface area contributed by atoms with Gasteiger partial charge in [0, 0.05) is 24.7 Å². The van der Waals surface area contributed by atoms with E-state index in [0.29, 0.717) is 31.0 Å². The zero-order chi connectivity index (χ0) is 11.3. The standard InChI is InChI=1S/C9H10NO4S/c11-6-4-2-1-3-5-10-7(12)8(13)15-9(10)14/h1-5H2. The minimum Gasteiger partial charge on any atom is -0.291 e. The Morgan fingerprint density at radius 1 is 1.13 bits per heavy atom. The Labute approximate surface area is 91.2 Å². The van der Waals surface area contributed by atoms with E-state index in [1.807, 2.05) is 0 Å². The number of carbonyl (C=O) groups excluding carboxylic acids is 4. The van der Waals surface area contributed by atoms with E-state index in [9.17, 15) is 19.2 Å². The molecule has 0 spiro atoms. The molecule has 1 aliphatic rings. The fourth-order valence-electron chi connectivity index (χ4n) is 1.21. The van der Waals surface area contributed by atoms with E-state index in [-0.39, 0.29) is 6.54 Å². The van der Waals surface area contributed by atoms with E-state index >= 15 is 0 Å². The van der Waals surface area contributed by atoms with Gasteiger partial charge >= 0.3 is 5.91 Å². The van der Waals surface area contributed by atoms with E-state index in [2.05, 4.69) is 0 Å². The quantitative estimate of drug-likeness (QED) is 0.498. The van der Waals surface area contributed by atoms with E-state index in [4.69, 9.17) is 0 Å². The molecule has 6 heteroatoms. The summed E-state index contributed by atoms with van der Waals surface area (Å²) in [6.07, 6.45) is 4.19. The van der Waals surface area contributed by atoms with Crippen molar-refractivity contribution in [1.29, 1.82) is 0 Å². The lowest BCUT2D eigenvalue weighted by Crippen LogP contribution is -2.30. The highest BCUT2D eigenvalue weighted by Crippen LogP contribution is 2.20. The molecular weight excluding hydrogens is 218 g/mol.